The number of benzene rings is 2. The second kappa shape index (κ2) is 7.80. The lowest BCUT2D eigenvalue weighted by Gasteiger charge is -2.24. The molecule has 0 saturated heterocycles. The van der Waals surface area contributed by atoms with Crippen LogP contribution >= 0.6 is 0 Å². The van der Waals surface area contributed by atoms with E-state index in [0.29, 0.717) is 11.3 Å². The van der Waals surface area contributed by atoms with Crippen LogP contribution < -0.4 is 15.7 Å². The number of fused-ring (bicyclic) bond motifs is 6. The van der Waals surface area contributed by atoms with E-state index in [1.807, 2.05) is 25.1 Å². The number of H-pyrrole nitrogens is 1. The molecular weight excluding hydrogens is 416 g/mol. The summed E-state index contributed by atoms with van der Waals surface area (Å²) >= 11 is 0. The lowest BCUT2D eigenvalue weighted by atomic mass is 9.91. The second-order valence-corrected chi connectivity index (χ2v) is 9.20. The molecule has 2 aliphatic carbocycles. The van der Waals surface area contributed by atoms with Crippen molar-refractivity contribution < 1.29 is 13.9 Å². The van der Waals surface area contributed by atoms with Crippen LogP contribution in [-0.4, -0.2) is 17.5 Å². The standard InChI is InChI=1S/C27H26N2O4/c1-15-12-22(25-17-7-4-9-19(17)27(31)33-23(25)13-15)32-14-24(30)28-21-11-5-8-18-16-6-2-3-10-20(16)29-26(18)21/h2-3,6,10,12-13,21,29H,4-5,7-9,11,14H2,1H3,(H,28,30)/t21-/m0/s1. The number of carbonyl (C=O) groups excluding carboxylic acids is 1. The first-order chi connectivity index (χ1) is 16.1. The zero-order valence-corrected chi connectivity index (χ0v) is 18.6. The number of hydrogen-bond donors (Lipinski definition) is 2. The highest BCUT2D eigenvalue weighted by atomic mass is 16.5. The van der Waals surface area contributed by atoms with E-state index in [2.05, 4.69) is 28.5 Å². The average Bonchev–Trinajstić information content (AvgIpc) is 3.43. The maximum Gasteiger partial charge on any atom is 0.339 e. The topological polar surface area (TPSA) is 84.3 Å². The highest BCUT2D eigenvalue weighted by molar-refractivity contribution is 5.89. The second-order valence-electron chi connectivity index (χ2n) is 9.20. The maximum absolute atomic E-state index is 12.9. The van der Waals surface area contributed by atoms with Crippen molar-refractivity contribution in [2.75, 3.05) is 6.61 Å². The van der Waals surface area contributed by atoms with E-state index in [-0.39, 0.29) is 24.2 Å². The lowest BCUT2D eigenvalue weighted by Crippen LogP contribution is -2.34. The van der Waals surface area contributed by atoms with E-state index >= 15 is 0 Å². The number of para-hydroxylation sites is 1. The van der Waals surface area contributed by atoms with Gasteiger partial charge < -0.3 is 19.5 Å². The van der Waals surface area contributed by atoms with Crippen LogP contribution in [0.5, 0.6) is 5.75 Å². The number of aromatic nitrogens is 1. The summed E-state index contributed by atoms with van der Waals surface area (Å²) < 4.78 is 11.6. The first-order valence-electron chi connectivity index (χ1n) is 11.7. The van der Waals surface area contributed by atoms with E-state index in [9.17, 15) is 9.59 Å². The maximum atomic E-state index is 12.9. The fraction of sp³-hybridized carbons (Fsp3) is 0.333. The molecular formula is C27H26N2O4. The highest BCUT2D eigenvalue weighted by Crippen LogP contribution is 2.36. The molecule has 1 atom stereocenters. The predicted octanol–water partition coefficient (Wildman–Crippen LogP) is 4.64. The Morgan fingerprint density at radius 2 is 1.94 bits per heavy atom. The predicted molar refractivity (Wildman–Crippen MR) is 127 cm³/mol. The molecule has 0 fully saturated rings. The quantitative estimate of drug-likeness (QED) is 0.451. The lowest BCUT2D eigenvalue weighted by molar-refractivity contribution is -0.124. The zero-order chi connectivity index (χ0) is 22.5. The average molecular weight is 443 g/mol. The van der Waals surface area contributed by atoms with Gasteiger partial charge in [0.25, 0.3) is 5.91 Å². The molecule has 6 rings (SSSR count). The molecule has 0 radical (unpaired) electrons. The number of amides is 1. The smallest absolute Gasteiger partial charge is 0.339 e. The van der Waals surface area contributed by atoms with Gasteiger partial charge in [-0.15, -0.1) is 0 Å². The number of rotatable bonds is 4. The van der Waals surface area contributed by atoms with Crippen molar-refractivity contribution in [2.24, 2.45) is 0 Å². The van der Waals surface area contributed by atoms with Crippen molar-refractivity contribution in [3.63, 3.8) is 0 Å². The van der Waals surface area contributed by atoms with Crippen LogP contribution in [0.1, 0.15) is 53.3 Å². The summed E-state index contributed by atoms with van der Waals surface area (Å²) in [6, 6.07) is 12.0. The minimum Gasteiger partial charge on any atom is -0.483 e. The van der Waals surface area contributed by atoms with E-state index in [4.69, 9.17) is 9.15 Å². The fourth-order valence-corrected chi connectivity index (χ4v) is 5.56. The normalized spacial score (nSPS) is 17.2. The summed E-state index contributed by atoms with van der Waals surface area (Å²) in [6.07, 6.45) is 5.45. The summed E-state index contributed by atoms with van der Waals surface area (Å²) in [5.74, 6) is 0.451. The van der Waals surface area contributed by atoms with Gasteiger partial charge in [-0.1, -0.05) is 18.2 Å². The van der Waals surface area contributed by atoms with Gasteiger partial charge in [-0.2, -0.15) is 0 Å². The van der Waals surface area contributed by atoms with Crippen LogP contribution in [0.25, 0.3) is 21.9 Å². The number of ether oxygens (including phenoxy) is 1. The number of hydrogen-bond acceptors (Lipinski definition) is 4. The van der Waals surface area contributed by atoms with Gasteiger partial charge in [0.05, 0.1) is 11.4 Å². The Balaban J connectivity index is 1.25. The number of carbonyl (C=O) groups is 1. The number of aromatic amines is 1. The Morgan fingerprint density at radius 3 is 2.85 bits per heavy atom. The molecule has 2 heterocycles. The molecule has 2 aromatic heterocycles. The minimum absolute atomic E-state index is 0.0474. The van der Waals surface area contributed by atoms with Crippen LogP contribution in [0.3, 0.4) is 0 Å². The van der Waals surface area contributed by atoms with Crippen molar-refractivity contribution in [3.8, 4) is 5.75 Å². The molecule has 0 saturated carbocycles. The Kier molecular flexibility index (Phi) is 4.75. The third-order valence-electron chi connectivity index (χ3n) is 6.99. The Morgan fingerprint density at radius 1 is 1.12 bits per heavy atom. The molecule has 1 amide bonds. The van der Waals surface area contributed by atoms with Crippen molar-refractivity contribution in [1.82, 2.24) is 10.3 Å². The molecule has 6 nitrogen and oxygen atoms in total. The molecule has 2 aliphatic rings. The van der Waals surface area contributed by atoms with Crippen LogP contribution in [0.15, 0.2) is 45.6 Å². The summed E-state index contributed by atoms with van der Waals surface area (Å²) in [4.78, 5) is 28.7. The van der Waals surface area contributed by atoms with E-state index in [0.717, 1.165) is 71.8 Å². The summed E-state index contributed by atoms with van der Waals surface area (Å²) in [5, 5.41) is 5.23. The van der Waals surface area contributed by atoms with Gasteiger partial charge in [-0.25, -0.2) is 4.79 Å². The van der Waals surface area contributed by atoms with E-state index < -0.39 is 0 Å². The van der Waals surface area contributed by atoms with Crippen molar-refractivity contribution in [2.45, 2.75) is 51.5 Å². The molecule has 0 aliphatic heterocycles. The Labute approximate surface area is 190 Å². The first-order valence-corrected chi connectivity index (χ1v) is 11.7. The van der Waals surface area contributed by atoms with Gasteiger partial charge in [0.2, 0.25) is 0 Å². The van der Waals surface area contributed by atoms with Crippen LogP contribution in [0.2, 0.25) is 0 Å². The van der Waals surface area contributed by atoms with Gasteiger partial charge in [-0.05, 0) is 80.3 Å². The first kappa shape index (κ1) is 20.1. The Bertz CT molecular complexity index is 1460. The van der Waals surface area contributed by atoms with Crippen molar-refractivity contribution in [1.29, 1.82) is 0 Å². The molecule has 0 spiro atoms. The summed E-state index contributed by atoms with van der Waals surface area (Å²) in [7, 11) is 0. The van der Waals surface area contributed by atoms with Gasteiger partial charge in [0.1, 0.15) is 11.3 Å². The van der Waals surface area contributed by atoms with E-state index in [1.165, 1.54) is 10.9 Å². The van der Waals surface area contributed by atoms with Gasteiger partial charge in [-0.3, -0.25) is 4.79 Å². The molecule has 4 aromatic rings. The third kappa shape index (κ3) is 3.41. The monoisotopic (exact) mass is 442 g/mol. The molecule has 2 N–H and O–H groups in total. The number of aryl methyl sites for hydroxylation is 3. The molecule has 33 heavy (non-hydrogen) atoms. The molecule has 6 heteroatoms. The van der Waals surface area contributed by atoms with Crippen LogP contribution in [-0.2, 0) is 24.1 Å². The highest BCUT2D eigenvalue weighted by Gasteiger charge is 2.26. The van der Waals surface area contributed by atoms with Gasteiger partial charge in [0, 0.05) is 22.2 Å². The van der Waals surface area contributed by atoms with Gasteiger partial charge >= 0.3 is 5.63 Å². The molecule has 0 unspecified atom stereocenters. The number of nitrogens with one attached hydrogen (secondary N) is 2. The minimum atomic E-state index is -0.254. The van der Waals surface area contributed by atoms with E-state index in [1.54, 1.807) is 0 Å². The van der Waals surface area contributed by atoms with Crippen LogP contribution in [0, 0.1) is 6.92 Å². The third-order valence-corrected chi connectivity index (χ3v) is 6.99. The molecule has 2 aromatic carbocycles. The van der Waals surface area contributed by atoms with Crippen molar-refractivity contribution >= 4 is 27.8 Å². The largest absolute Gasteiger partial charge is 0.483 e. The summed E-state index contributed by atoms with van der Waals surface area (Å²) in [5.41, 5.74) is 6.48. The molecule has 0 bridgehead atoms. The van der Waals surface area contributed by atoms with Crippen molar-refractivity contribution in [3.05, 3.63) is 74.8 Å². The Hall–Kier alpha value is -3.54. The molecule has 168 valence electrons. The fourth-order valence-electron chi connectivity index (χ4n) is 5.56. The summed E-state index contributed by atoms with van der Waals surface area (Å²) in [6.45, 7) is 1.84. The SMILES string of the molecule is Cc1cc(OCC(=O)N[C@H]2CCCc3c2[nH]c2ccccc32)c2c3c(c(=O)oc2c1)CCC3. The zero-order valence-electron chi connectivity index (χ0n) is 18.6. The van der Waals surface area contributed by atoms with Crippen LogP contribution in [0.4, 0.5) is 0 Å². The van der Waals surface area contributed by atoms with Gasteiger partial charge in [0.15, 0.2) is 6.61 Å².